The SMILES string of the molecule is CC(C)(C)C(N)C(=O)N1CC2[C@@H](C1C(=O)CC(CC1CC1)C(=O)C(N)=O)C2(C)C.Cl. The average Bonchev–Trinajstić information content (AvgIpc) is 3.45. The predicted molar refractivity (Wildman–Crippen MR) is 116 cm³/mol. The van der Waals surface area contributed by atoms with Gasteiger partial charge >= 0.3 is 0 Å². The lowest BCUT2D eigenvalue weighted by Crippen LogP contribution is -2.55. The van der Waals surface area contributed by atoms with Crippen molar-refractivity contribution in [3.8, 4) is 0 Å². The third kappa shape index (κ3) is 4.57. The molecule has 7 nitrogen and oxygen atoms in total. The van der Waals surface area contributed by atoms with Gasteiger partial charge in [-0.2, -0.15) is 0 Å². The summed E-state index contributed by atoms with van der Waals surface area (Å²) in [6.07, 6.45) is 2.52. The lowest BCUT2D eigenvalue weighted by atomic mass is 9.84. The Kier molecular flexibility index (Phi) is 6.80. The molecular weight excluding hydrogens is 406 g/mol. The third-order valence-corrected chi connectivity index (χ3v) is 7.40. The minimum Gasteiger partial charge on any atom is -0.363 e. The van der Waals surface area contributed by atoms with Crippen molar-refractivity contribution in [3.05, 3.63) is 0 Å². The number of Topliss-reactive ketones (excluding diaryl/α,β-unsaturated/α-hetero) is 2. The molecule has 0 aromatic carbocycles. The van der Waals surface area contributed by atoms with Gasteiger partial charge in [-0.3, -0.25) is 19.2 Å². The molecule has 1 aliphatic heterocycles. The topological polar surface area (TPSA) is 124 Å². The molecule has 0 aromatic rings. The molecule has 4 unspecified atom stereocenters. The first-order valence-corrected chi connectivity index (χ1v) is 10.7. The Hall–Kier alpha value is -1.47. The highest BCUT2D eigenvalue weighted by molar-refractivity contribution is 6.36. The Balaban J connectivity index is 0.00000320. The number of nitrogens with two attached hydrogens (primary N) is 2. The van der Waals surface area contributed by atoms with Crippen LogP contribution in [0, 0.1) is 34.5 Å². The summed E-state index contributed by atoms with van der Waals surface area (Å²) in [5.74, 6) is -1.95. The van der Waals surface area contributed by atoms with E-state index in [2.05, 4.69) is 13.8 Å². The second kappa shape index (κ2) is 8.23. The molecule has 170 valence electrons. The summed E-state index contributed by atoms with van der Waals surface area (Å²) in [6.45, 7) is 10.5. The van der Waals surface area contributed by atoms with Crippen LogP contribution >= 0.6 is 12.4 Å². The number of nitrogens with zero attached hydrogens (tertiary/aromatic N) is 1. The highest BCUT2D eigenvalue weighted by atomic mass is 35.5. The van der Waals surface area contributed by atoms with Gasteiger partial charge in [-0.05, 0) is 35.0 Å². The van der Waals surface area contributed by atoms with Crippen molar-refractivity contribution >= 4 is 35.8 Å². The van der Waals surface area contributed by atoms with Gasteiger partial charge in [0.15, 0.2) is 5.78 Å². The maximum absolute atomic E-state index is 13.4. The van der Waals surface area contributed by atoms with Crippen molar-refractivity contribution in [3.63, 3.8) is 0 Å². The van der Waals surface area contributed by atoms with Crippen LogP contribution in [0.4, 0.5) is 0 Å². The molecule has 0 bridgehead atoms. The average molecular weight is 442 g/mol. The van der Waals surface area contributed by atoms with Crippen molar-refractivity contribution in [2.45, 2.75) is 72.4 Å². The number of carbonyl (C=O) groups excluding carboxylic acids is 4. The minimum absolute atomic E-state index is 0. The Morgan fingerprint density at radius 2 is 1.70 bits per heavy atom. The van der Waals surface area contributed by atoms with Crippen LogP contribution < -0.4 is 11.5 Å². The molecule has 3 aliphatic rings. The molecule has 3 rings (SSSR count). The molecule has 4 N–H and O–H groups in total. The van der Waals surface area contributed by atoms with Crippen LogP contribution in [0.15, 0.2) is 0 Å². The van der Waals surface area contributed by atoms with Crippen molar-refractivity contribution in [2.24, 2.45) is 46.0 Å². The lowest BCUT2D eigenvalue weighted by Gasteiger charge is -2.36. The Labute approximate surface area is 185 Å². The number of ketones is 2. The monoisotopic (exact) mass is 441 g/mol. The fourth-order valence-corrected chi connectivity index (χ4v) is 5.04. The first-order chi connectivity index (χ1) is 13.3. The molecule has 1 saturated heterocycles. The largest absolute Gasteiger partial charge is 0.363 e. The molecule has 1 heterocycles. The lowest BCUT2D eigenvalue weighted by molar-refractivity contribution is -0.144. The van der Waals surface area contributed by atoms with Gasteiger partial charge < -0.3 is 16.4 Å². The number of fused-ring (bicyclic) bond motifs is 1. The van der Waals surface area contributed by atoms with Gasteiger partial charge in [0, 0.05) is 18.9 Å². The van der Waals surface area contributed by atoms with E-state index in [-0.39, 0.29) is 47.8 Å². The zero-order valence-electron chi connectivity index (χ0n) is 18.6. The second-order valence-corrected chi connectivity index (χ2v) is 11.0. The Morgan fingerprint density at radius 1 is 1.13 bits per heavy atom. The smallest absolute Gasteiger partial charge is 0.285 e. The van der Waals surface area contributed by atoms with Gasteiger partial charge in [0.05, 0.1) is 12.1 Å². The zero-order chi connectivity index (χ0) is 21.9. The number of halogens is 1. The molecule has 3 fully saturated rings. The number of hydrogen-bond donors (Lipinski definition) is 2. The number of primary amides is 1. The van der Waals surface area contributed by atoms with Crippen molar-refractivity contribution in [1.29, 1.82) is 0 Å². The van der Waals surface area contributed by atoms with Gasteiger partial charge in [-0.25, -0.2) is 0 Å². The summed E-state index contributed by atoms with van der Waals surface area (Å²) >= 11 is 0. The predicted octanol–water partition coefficient (Wildman–Crippen LogP) is 1.69. The van der Waals surface area contributed by atoms with E-state index in [0.717, 1.165) is 12.8 Å². The van der Waals surface area contributed by atoms with E-state index in [1.807, 2.05) is 20.8 Å². The molecule has 5 atom stereocenters. The summed E-state index contributed by atoms with van der Waals surface area (Å²) in [7, 11) is 0. The van der Waals surface area contributed by atoms with Crippen molar-refractivity contribution in [1.82, 2.24) is 4.90 Å². The molecule has 0 radical (unpaired) electrons. The summed E-state index contributed by atoms with van der Waals surface area (Å²) in [5.41, 5.74) is 11.0. The molecule has 0 spiro atoms. The normalized spacial score (nSPS) is 28.7. The van der Waals surface area contributed by atoms with Gasteiger partial charge in [0.25, 0.3) is 5.91 Å². The van der Waals surface area contributed by atoms with E-state index >= 15 is 0 Å². The number of carbonyl (C=O) groups is 4. The maximum atomic E-state index is 13.4. The second-order valence-electron chi connectivity index (χ2n) is 11.0. The number of piperidine rings is 1. The summed E-state index contributed by atoms with van der Waals surface area (Å²) in [4.78, 5) is 51.9. The van der Waals surface area contributed by atoms with Crippen LogP contribution in [0.3, 0.4) is 0 Å². The molecule has 2 amide bonds. The molecule has 8 heteroatoms. The van der Waals surface area contributed by atoms with Gasteiger partial charge in [0.1, 0.15) is 0 Å². The standard InChI is InChI=1S/C22H35N3O4.ClH/c1-21(2,3)18(23)20(29)25-10-13-15(22(13,4)5)16(25)14(26)9-12(8-11-6-7-11)17(27)19(24)28;/h11-13,15-16,18H,6-10,23H2,1-5H3,(H2,24,28);1H/t12?,13?,15-,16?,18?;/m0./s1. The quantitative estimate of drug-likeness (QED) is 0.554. The number of hydrogen-bond acceptors (Lipinski definition) is 5. The number of rotatable bonds is 8. The maximum Gasteiger partial charge on any atom is 0.285 e. The minimum atomic E-state index is -0.984. The molecule has 2 aliphatic carbocycles. The third-order valence-electron chi connectivity index (χ3n) is 7.40. The molecule has 0 aromatic heterocycles. The van der Waals surface area contributed by atoms with Crippen molar-refractivity contribution < 1.29 is 19.2 Å². The molecule has 30 heavy (non-hydrogen) atoms. The highest BCUT2D eigenvalue weighted by Crippen LogP contribution is 2.65. The van der Waals surface area contributed by atoms with Crippen LogP contribution in [-0.4, -0.2) is 46.9 Å². The van der Waals surface area contributed by atoms with E-state index < -0.39 is 35.1 Å². The summed E-state index contributed by atoms with van der Waals surface area (Å²) < 4.78 is 0. The summed E-state index contributed by atoms with van der Waals surface area (Å²) in [6, 6.07) is -1.27. The van der Waals surface area contributed by atoms with E-state index in [4.69, 9.17) is 11.5 Å². The molecular formula is C22H36ClN3O4. The highest BCUT2D eigenvalue weighted by Gasteiger charge is 2.69. The van der Waals surface area contributed by atoms with E-state index in [1.165, 1.54) is 0 Å². The van der Waals surface area contributed by atoms with E-state index in [1.54, 1.807) is 4.90 Å². The number of likely N-dealkylation sites (tertiary alicyclic amines) is 1. The van der Waals surface area contributed by atoms with Crippen LogP contribution in [0.25, 0.3) is 0 Å². The van der Waals surface area contributed by atoms with Gasteiger partial charge in [0.2, 0.25) is 11.7 Å². The van der Waals surface area contributed by atoms with Gasteiger partial charge in [-0.15, -0.1) is 12.4 Å². The molecule has 2 saturated carbocycles. The van der Waals surface area contributed by atoms with Gasteiger partial charge in [-0.1, -0.05) is 47.5 Å². The Bertz CT molecular complexity index is 741. The van der Waals surface area contributed by atoms with E-state index in [0.29, 0.717) is 18.9 Å². The van der Waals surface area contributed by atoms with Crippen LogP contribution in [-0.2, 0) is 19.2 Å². The fourth-order valence-electron chi connectivity index (χ4n) is 5.04. The first kappa shape index (κ1) is 24.8. The zero-order valence-corrected chi connectivity index (χ0v) is 19.5. The van der Waals surface area contributed by atoms with Crippen LogP contribution in [0.1, 0.15) is 60.3 Å². The van der Waals surface area contributed by atoms with Crippen LogP contribution in [0.2, 0.25) is 0 Å². The van der Waals surface area contributed by atoms with E-state index in [9.17, 15) is 19.2 Å². The Morgan fingerprint density at radius 3 is 2.17 bits per heavy atom. The number of amides is 2. The first-order valence-electron chi connectivity index (χ1n) is 10.7. The van der Waals surface area contributed by atoms with Crippen LogP contribution in [0.5, 0.6) is 0 Å². The van der Waals surface area contributed by atoms with Crippen molar-refractivity contribution in [2.75, 3.05) is 6.54 Å². The summed E-state index contributed by atoms with van der Waals surface area (Å²) in [5, 5.41) is 0. The fraction of sp³-hybridized carbons (Fsp3) is 0.818.